The zero-order valence-corrected chi connectivity index (χ0v) is 8.46. The first kappa shape index (κ1) is 14.5. The van der Waals surface area contributed by atoms with E-state index in [-0.39, 0.29) is 0 Å². The molecule has 76 valence electrons. The first-order valence-corrected chi connectivity index (χ1v) is 4.65. The standard InChI is InChI=1S/C8H16.C3H4O2/c1-3-5-7-8-6-4-2;1-2-3(4)5/h3H,1,4-8H2,2H3;2H,1H2,(H,4,5). The Hall–Kier alpha value is -1.05. The number of hydrogen-bond donors (Lipinski definition) is 1. The molecule has 0 aliphatic rings. The molecule has 0 fully saturated rings. The Kier molecular flexibility index (Phi) is 15.1. The lowest BCUT2D eigenvalue weighted by Gasteiger charge is -1.91. The van der Waals surface area contributed by atoms with Gasteiger partial charge in [0.1, 0.15) is 0 Å². The van der Waals surface area contributed by atoms with Crippen LogP contribution in [0, 0.1) is 0 Å². The summed E-state index contributed by atoms with van der Waals surface area (Å²) in [6, 6.07) is 0. The number of carboxylic acids is 1. The van der Waals surface area contributed by atoms with E-state index >= 15 is 0 Å². The van der Waals surface area contributed by atoms with Gasteiger partial charge in [0, 0.05) is 6.08 Å². The number of unbranched alkanes of at least 4 members (excludes halogenated alkanes) is 4. The number of rotatable bonds is 6. The van der Waals surface area contributed by atoms with Crippen LogP contribution in [-0.2, 0) is 4.79 Å². The number of carboxylic acid groups (broad SMARTS) is 1. The fraction of sp³-hybridized carbons (Fsp3) is 0.545. The summed E-state index contributed by atoms with van der Waals surface area (Å²) in [6.45, 7) is 8.85. The van der Waals surface area contributed by atoms with Crippen molar-refractivity contribution in [3.05, 3.63) is 25.3 Å². The van der Waals surface area contributed by atoms with Gasteiger partial charge in [-0.2, -0.15) is 0 Å². The second kappa shape index (κ2) is 13.5. The van der Waals surface area contributed by atoms with Crippen molar-refractivity contribution in [1.29, 1.82) is 0 Å². The van der Waals surface area contributed by atoms with Gasteiger partial charge in [0.25, 0.3) is 0 Å². The zero-order valence-electron chi connectivity index (χ0n) is 8.46. The Morgan fingerprint density at radius 2 is 1.85 bits per heavy atom. The molecule has 1 N–H and O–H groups in total. The van der Waals surface area contributed by atoms with E-state index in [1.54, 1.807) is 0 Å². The van der Waals surface area contributed by atoms with E-state index in [0.717, 1.165) is 6.08 Å². The predicted molar refractivity (Wildman–Crippen MR) is 56.8 cm³/mol. The molecule has 0 radical (unpaired) electrons. The quantitative estimate of drug-likeness (QED) is 0.390. The van der Waals surface area contributed by atoms with E-state index in [9.17, 15) is 4.79 Å². The van der Waals surface area contributed by atoms with Crippen LogP contribution in [0.25, 0.3) is 0 Å². The van der Waals surface area contributed by atoms with Crippen molar-refractivity contribution in [2.24, 2.45) is 0 Å². The molecular weight excluding hydrogens is 164 g/mol. The fourth-order valence-corrected chi connectivity index (χ4v) is 0.715. The minimum absolute atomic E-state index is 0.833. The molecule has 0 spiro atoms. The second-order valence-corrected chi connectivity index (χ2v) is 2.68. The van der Waals surface area contributed by atoms with Gasteiger partial charge in [0.15, 0.2) is 0 Å². The molecule has 0 rings (SSSR count). The molecule has 2 nitrogen and oxygen atoms in total. The highest BCUT2D eigenvalue weighted by Gasteiger charge is 1.81. The van der Waals surface area contributed by atoms with Crippen molar-refractivity contribution >= 4 is 5.97 Å². The summed E-state index contributed by atoms with van der Waals surface area (Å²) in [7, 11) is 0. The maximum Gasteiger partial charge on any atom is 0.327 e. The molecule has 0 saturated carbocycles. The summed E-state index contributed by atoms with van der Waals surface area (Å²) in [6.07, 6.45) is 9.44. The Bertz CT molecular complexity index is 139. The normalized spacial score (nSPS) is 8.08. The van der Waals surface area contributed by atoms with Crippen LogP contribution in [0.5, 0.6) is 0 Å². The molecule has 0 aliphatic carbocycles. The van der Waals surface area contributed by atoms with E-state index in [1.807, 2.05) is 6.08 Å². The topological polar surface area (TPSA) is 37.3 Å². The molecule has 0 saturated heterocycles. The minimum Gasteiger partial charge on any atom is -0.478 e. The van der Waals surface area contributed by atoms with Gasteiger partial charge >= 0.3 is 5.97 Å². The van der Waals surface area contributed by atoms with Gasteiger partial charge in [0.05, 0.1) is 0 Å². The molecule has 0 amide bonds. The van der Waals surface area contributed by atoms with Crippen molar-refractivity contribution in [3.8, 4) is 0 Å². The smallest absolute Gasteiger partial charge is 0.327 e. The van der Waals surface area contributed by atoms with Crippen LogP contribution in [0.3, 0.4) is 0 Å². The SMILES string of the molecule is C=CC(=O)O.C=CCCCCCC. The predicted octanol–water partition coefficient (Wildman–Crippen LogP) is 3.40. The average molecular weight is 184 g/mol. The van der Waals surface area contributed by atoms with Gasteiger partial charge in [-0.3, -0.25) is 0 Å². The summed E-state index contributed by atoms with van der Waals surface area (Å²) in [5, 5.41) is 7.60. The van der Waals surface area contributed by atoms with Crippen molar-refractivity contribution in [2.75, 3.05) is 0 Å². The van der Waals surface area contributed by atoms with Crippen LogP contribution in [0.2, 0.25) is 0 Å². The van der Waals surface area contributed by atoms with E-state index in [0.29, 0.717) is 0 Å². The van der Waals surface area contributed by atoms with Crippen LogP contribution in [-0.4, -0.2) is 11.1 Å². The van der Waals surface area contributed by atoms with Crippen molar-refractivity contribution in [2.45, 2.75) is 39.0 Å². The van der Waals surface area contributed by atoms with E-state index in [1.165, 1.54) is 32.1 Å². The van der Waals surface area contributed by atoms with E-state index in [2.05, 4.69) is 20.1 Å². The Balaban J connectivity index is 0. The largest absolute Gasteiger partial charge is 0.478 e. The van der Waals surface area contributed by atoms with Gasteiger partial charge in [-0.1, -0.05) is 38.8 Å². The Morgan fingerprint density at radius 1 is 1.31 bits per heavy atom. The molecular formula is C11H20O2. The van der Waals surface area contributed by atoms with Gasteiger partial charge in [-0.25, -0.2) is 4.79 Å². The van der Waals surface area contributed by atoms with Gasteiger partial charge in [0.2, 0.25) is 0 Å². The molecule has 0 atom stereocenters. The molecule has 0 aromatic carbocycles. The average Bonchev–Trinajstić information content (AvgIpc) is 2.14. The molecule has 13 heavy (non-hydrogen) atoms. The molecule has 0 aliphatic heterocycles. The van der Waals surface area contributed by atoms with Crippen LogP contribution >= 0.6 is 0 Å². The number of aliphatic carboxylic acids is 1. The third-order valence-corrected chi connectivity index (χ3v) is 1.44. The lowest BCUT2D eigenvalue weighted by molar-refractivity contribution is -0.131. The third-order valence-electron chi connectivity index (χ3n) is 1.44. The highest BCUT2D eigenvalue weighted by atomic mass is 16.4. The van der Waals surface area contributed by atoms with Crippen LogP contribution in [0.1, 0.15) is 39.0 Å². The van der Waals surface area contributed by atoms with Crippen molar-refractivity contribution in [3.63, 3.8) is 0 Å². The van der Waals surface area contributed by atoms with Gasteiger partial charge < -0.3 is 5.11 Å². The fourth-order valence-electron chi connectivity index (χ4n) is 0.715. The summed E-state index contributed by atoms with van der Waals surface area (Å²) < 4.78 is 0. The maximum absolute atomic E-state index is 9.25. The van der Waals surface area contributed by atoms with Gasteiger partial charge in [-0.15, -0.1) is 6.58 Å². The van der Waals surface area contributed by atoms with E-state index < -0.39 is 5.97 Å². The van der Waals surface area contributed by atoms with E-state index in [4.69, 9.17) is 5.11 Å². The first-order chi connectivity index (χ1) is 6.18. The van der Waals surface area contributed by atoms with Gasteiger partial charge in [-0.05, 0) is 12.8 Å². The number of carbonyl (C=O) groups is 1. The molecule has 0 heterocycles. The maximum atomic E-state index is 9.25. The molecule has 2 heteroatoms. The Labute approximate surface area is 81.0 Å². The summed E-state index contributed by atoms with van der Waals surface area (Å²) in [4.78, 5) is 9.25. The highest BCUT2D eigenvalue weighted by molar-refractivity contribution is 5.78. The lowest BCUT2D eigenvalue weighted by atomic mass is 10.2. The molecule has 0 aromatic heterocycles. The lowest BCUT2D eigenvalue weighted by Crippen LogP contribution is -1.82. The van der Waals surface area contributed by atoms with Crippen LogP contribution in [0.4, 0.5) is 0 Å². The van der Waals surface area contributed by atoms with Crippen molar-refractivity contribution in [1.82, 2.24) is 0 Å². The zero-order chi connectivity index (χ0) is 10.5. The van der Waals surface area contributed by atoms with Crippen LogP contribution < -0.4 is 0 Å². The first-order valence-electron chi connectivity index (χ1n) is 4.65. The summed E-state index contributed by atoms with van der Waals surface area (Å²) in [5.41, 5.74) is 0. The third kappa shape index (κ3) is 24.8. The minimum atomic E-state index is -0.981. The monoisotopic (exact) mass is 184 g/mol. The Morgan fingerprint density at radius 3 is 2.15 bits per heavy atom. The highest BCUT2D eigenvalue weighted by Crippen LogP contribution is 2.01. The summed E-state index contributed by atoms with van der Waals surface area (Å²) in [5.74, 6) is -0.981. The number of hydrogen-bond acceptors (Lipinski definition) is 1. The summed E-state index contributed by atoms with van der Waals surface area (Å²) >= 11 is 0. The number of allylic oxidation sites excluding steroid dienone is 1. The molecule has 0 aromatic rings. The van der Waals surface area contributed by atoms with Crippen molar-refractivity contribution < 1.29 is 9.90 Å². The molecule has 0 bridgehead atoms. The van der Waals surface area contributed by atoms with Crippen LogP contribution in [0.15, 0.2) is 25.3 Å². The molecule has 0 unspecified atom stereocenters. The second-order valence-electron chi connectivity index (χ2n) is 2.68.